The number of aliphatic hydroxyl groups is 1. The molecule has 0 spiro atoms. The Balaban J connectivity index is 2.32. The van der Waals surface area contributed by atoms with Crippen molar-refractivity contribution in [2.75, 3.05) is 0 Å². The topological polar surface area (TPSA) is 37.3 Å². The summed E-state index contributed by atoms with van der Waals surface area (Å²) in [5.41, 5.74) is 0.404. The van der Waals surface area contributed by atoms with Crippen LogP contribution in [0.4, 0.5) is 0 Å². The SMILES string of the molecule is O=C(Cl)CC(O)(Cc1ccccc1)c1ccccc1. The summed E-state index contributed by atoms with van der Waals surface area (Å²) in [6.45, 7) is 0. The van der Waals surface area contributed by atoms with Gasteiger partial charge in [-0.05, 0) is 22.7 Å². The van der Waals surface area contributed by atoms with E-state index in [1.807, 2.05) is 60.7 Å². The summed E-state index contributed by atoms with van der Waals surface area (Å²) in [7, 11) is 0. The molecular weight excluding hydrogens is 260 g/mol. The van der Waals surface area contributed by atoms with E-state index in [1.165, 1.54) is 0 Å². The second kappa shape index (κ2) is 6.00. The lowest BCUT2D eigenvalue weighted by Crippen LogP contribution is -2.30. The molecule has 1 unspecified atom stereocenters. The average molecular weight is 275 g/mol. The van der Waals surface area contributed by atoms with E-state index in [-0.39, 0.29) is 6.42 Å². The van der Waals surface area contributed by atoms with Crippen LogP contribution in [-0.2, 0) is 16.8 Å². The van der Waals surface area contributed by atoms with Gasteiger partial charge in [0, 0.05) is 6.42 Å². The van der Waals surface area contributed by atoms with E-state index < -0.39 is 10.8 Å². The number of carbonyl (C=O) groups is 1. The average Bonchev–Trinajstić information content (AvgIpc) is 2.40. The van der Waals surface area contributed by atoms with Crippen LogP contribution in [0.25, 0.3) is 0 Å². The van der Waals surface area contributed by atoms with E-state index in [1.54, 1.807) is 0 Å². The minimum Gasteiger partial charge on any atom is -0.384 e. The summed E-state index contributed by atoms with van der Waals surface area (Å²) in [6.07, 6.45) is 0.254. The fourth-order valence-electron chi connectivity index (χ4n) is 2.18. The molecule has 2 aromatic rings. The van der Waals surface area contributed by atoms with Gasteiger partial charge in [-0.2, -0.15) is 0 Å². The van der Waals surface area contributed by atoms with Gasteiger partial charge in [0.1, 0.15) is 5.60 Å². The van der Waals surface area contributed by atoms with Gasteiger partial charge in [0.25, 0.3) is 0 Å². The maximum absolute atomic E-state index is 11.2. The van der Waals surface area contributed by atoms with Crippen LogP contribution in [0.5, 0.6) is 0 Å². The van der Waals surface area contributed by atoms with Crippen LogP contribution in [-0.4, -0.2) is 10.3 Å². The molecule has 2 aromatic carbocycles. The van der Waals surface area contributed by atoms with Gasteiger partial charge in [0.2, 0.25) is 5.24 Å². The Labute approximate surface area is 117 Å². The molecule has 3 heteroatoms. The largest absolute Gasteiger partial charge is 0.384 e. The first kappa shape index (κ1) is 13.8. The van der Waals surface area contributed by atoms with E-state index in [4.69, 9.17) is 11.6 Å². The normalized spacial score (nSPS) is 13.8. The third kappa shape index (κ3) is 3.66. The van der Waals surface area contributed by atoms with Crippen molar-refractivity contribution in [1.29, 1.82) is 0 Å². The van der Waals surface area contributed by atoms with Crippen molar-refractivity contribution in [1.82, 2.24) is 0 Å². The first-order chi connectivity index (χ1) is 9.10. The Kier molecular flexibility index (Phi) is 4.35. The van der Waals surface area contributed by atoms with Gasteiger partial charge in [-0.25, -0.2) is 0 Å². The molecule has 0 saturated heterocycles. The van der Waals surface area contributed by atoms with Crippen LogP contribution in [0, 0.1) is 0 Å². The Morgan fingerprint density at radius 1 is 1.00 bits per heavy atom. The monoisotopic (exact) mass is 274 g/mol. The second-order valence-corrected chi connectivity index (χ2v) is 5.01. The molecule has 0 aliphatic rings. The van der Waals surface area contributed by atoms with Gasteiger partial charge in [-0.15, -0.1) is 0 Å². The molecule has 1 N–H and O–H groups in total. The molecule has 0 heterocycles. The Hall–Kier alpha value is -1.64. The first-order valence-electron chi connectivity index (χ1n) is 6.10. The molecule has 0 aromatic heterocycles. The highest BCUT2D eigenvalue weighted by atomic mass is 35.5. The van der Waals surface area contributed by atoms with Gasteiger partial charge in [-0.1, -0.05) is 60.7 Å². The predicted octanol–water partition coefficient (Wildman–Crippen LogP) is 3.27. The Morgan fingerprint density at radius 2 is 1.53 bits per heavy atom. The van der Waals surface area contributed by atoms with Gasteiger partial charge in [0.05, 0.1) is 6.42 Å². The van der Waals surface area contributed by atoms with Crippen LogP contribution < -0.4 is 0 Å². The zero-order valence-electron chi connectivity index (χ0n) is 10.4. The van der Waals surface area contributed by atoms with E-state index in [0.29, 0.717) is 12.0 Å². The smallest absolute Gasteiger partial charge is 0.224 e. The molecule has 0 aliphatic carbocycles. The summed E-state index contributed by atoms with van der Waals surface area (Å²) in [5.74, 6) is 0. The quantitative estimate of drug-likeness (QED) is 0.850. The molecule has 0 aliphatic heterocycles. The molecular formula is C16H15ClO2. The highest BCUT2D eigenvalue weighted by Gasteiger charge is 2.31. The zero-order chi connectivity index (χ0) is 13.7. The van der Waals surface area contributed by atoms with E-state index in [9.17, 15) is 9.90 Å². The molecule has 19 heavy (non-hydrogen) atoms. The standard InChI is InChI=1S/C16H15ClO2/c17-15(18)12-16(19,14-9-5-2-6-10-14)11-13-7-3-1-4-8-13/h1-10,19H,11-12H2. The molecule has 2 rings (SSSR count). The number of hydrogen-bond acceptors (Lipinski definition) is 2. The number of hydrogen-bond donors (Lipinski definition) is 1. The lowest BCUT2D eigenvalue weighted by Gasteiger charge is -2.27. The number of benzene rings is 2. The minimum absolute atomic E-state index is 0.104. The number of rotatable bonds is 5. The van der Waals surface area contributed by atoms with Gasteiger partial charge >= 0.3 is 0 Å². The van der Waals surface area contributed by atoms with Crippen LogP contribution >= 0.6 is 11.6 Å². The number of halogens is 1. The van der Waals surface area contributed by atoms with Crippen molar-refractivity contribution in [2.45, 2.75) is 18.4 Å². The van der Waals surface area contributed by atoms with E-state index in [0.717, 1.165) is 5.56 Å². The molecule has 1 atom stereocenters. The van der Waals surface area contributed by atoms with Crippen LogP contribution in [0.2, 0.25) is 0 Å². The lowest BCUT2D eigenvalue weighted by atomic mass is 9.85. The van der Waals surface area contributed by atoms with E-state index in [2.05, 4.69) is 0 Å². The first-order valence-corrected chi connectivity index (χ1v) is 6.48. The lowest BCUT2D eigenvalue weighted by molar-refractivity contribution is -0.116. The molecule has 0 fully saturated rings. The fourth-order valence-corrected chi connectivity index (χ4v) is 2.40. The van der Waals surface area contributed by atoms with Gasteiger partial charge < -0.3 is 5.11 Å². The summed E-state index contributed by atoms with van der Waals surface area (Å²) >= 11 is 5.48. The van der Waals surface area contributed by atoms with Crippen molar-refractivity contribution in [3.8, 4) is 0 Å². The maximum atomic E-state index is 11.2. The predicted molar refractivity (Wildman–Crippen MR) is 76.0 cm³/mol. The maximum Gasteiger partial charge on any atom is 0.224 e. The Bertz CT molecular complexity index is 539. The fraction of sp³-hybridized carbons (Fsp3) is 0.188. The van der Waals surface area contributed by atoms with Gasteiger partial charge in [0.15, 0.2) is 0 Å². The molecule has 0 amide bonds. The second-order valence-electron chi connectivity index (χ2n) is 4.59. The summed E-state index contributed by atoms with van der Waals surface area (Å²) in [6, 6.07) is 18.7. The van der Waals surface area contributed by atoms with Crippen LogP contribution in [0.15, 0.2) is 60.7 Å². The zero-order valence-corrected chi connectivity index (χ0v) is 11.2. The van der Waals surface area contributed by atoms with Crippen molar-refractivity contribution in [3.63, 3.8) is 0 Å². The van der Waals surface area contributed by atoms with Gasteiger partial charge in [-0.3, -0.25) is 4.79 Å². The summed E-state index contributed by atoms with van der Waals surface area (Å²) in [4.78, 5) is 11.2. The molecule has 0 saturated carbocycles. The van der Waals surface area contributed by atoms with E-state index >= 15 is 0 Å². The molecule has 2 nitrogen and oxygen atoms in total. The third-order valence-electron chi connectivity index (χ3n) is 3.08. The van der Waals surface area contributed by atoms with Crippen molar-refractivity contribution < 1.29 is 9.90 Å². The summed E-state index contributed by atoms with van der Waals surface area (Å²) < 4.78 is 0. The van der Waals surface area contributed by atoms with Crippen molar-refractivity contribution in [2.24, 2.45) is 0 Å². The third-order valence-corrected chi connectivity index (χ3v) is 3.22. The van der Waals surface area contributed by atoms with Crippen LogP contribution in [0.1, 0.15) is 17.5 Å². The number of carbonyl (C=O) groups excluding carboxylic acids is 1. The molecule has 0 bridgehead atoms. The van der Waals surface area contributed by atoms with Crippen LogP contribution in [0.3, 0.4) is 0 Å². The Morgan fingerprint density at radius 3 is 2.05 bits per heavy atom. The molecule has 0 radical (unpaired) electrons. The van der Waals surface area contributed by atoms with Crippen molar-refractivity contribution in [3.05, 3.63) is 71.8 Å². The minimum atomic E-state index is -1.26. The highest BCUT2D eigenvalue weighted by molar-refractivity contribution is 6.63. The van der Waals surface area contributed by atoms with Crippen molar-refractivity contribution >= 4 is 16.8 Å². The molecule has 98 valence electrons. The summed E-state index contributed by atoms with van der Waals surface area (Å²) in [5, 5.41) is 10.3. The highest BCUT2D eigenvalue weighted by Crippen LogP contribution is 2.30.